The predicted molar refractivity (Wildman–Crippen MR) is 120 cm³/mol. The minimum absolute atomic E-state index is 0.0394. The first-order valence-corrected chi connectivity index (χ1v) is 11.0. The number of benzene rings is 1. The number of rotatable bonds is 7. The van der Waals surface area contributed by atoms with Gasteiger partial charge in [-0.2, -0.15) is 0 Å². The highest BCUT2D eigenvalue weighted by Gasteiger charge is 2.24. The van der Waals surface area contributed by atoms with Crippen molar-refractivity contribution in [3.05, 3.63) is 52.3 Å². The Hall–Kier alpha value is -2.31. The highest BCUT2D eigenvalue weighted by Crippen LogP contribution is 2.23. The predicted octanol–water partition coefficient (Wildman–Crippen LogP) is 3.47. The van der Waals surface area contributed by atoms with Gasteiger partial charge < -0.3 is 15.2 Å². The van der Waals surface area contributed by atoms with E-state index < -0.39 is 0 Å². The normalized spacial score (nSPS) is 15.2. The molecule has 162 valence electrons. The fourth-order valence-corrected chi connectivity index (χ4v) is 4.13. The van der Waals surface area contributed by atoms with Gasteiger partial charge in [-0.15, -0.1) is 0 Å². The zero-order chi connectivity index (χ0) is 21.7. The summed E-state index contributed by atoms with van der Waals surface area (Å²) in [5.41, 5.74) is 3.61. The molecule has 1 aliphatic heterocycles. The second-order valence-electron chi connectivity index (χ2n) is 7.97. The van der Waals surface area contributed by atoms with E-state index in [1.807, 2.05) is 51.1 Å². The minimum Gasteiger partial charge on any atom is -0.355 e. The van der Waals surface area contributed by atoms with E-state index in [1.165, 1.54) is 0 Å². The van der Waals surface area contributed by atoms with E-state index in [9.17, 15) is 9.59 Å². The Labute approximate surface area is 183 Å². The third-order valence-electron chi connectivity index (χ3n) is 5.62. The second-order valence-corrected chi connectivity index (χ2v) is 8.41. The molecule has 0 spiro atoms. The van der Waals surface area contributed by atoms with Gasteiger partial charge in [-0.25, -0.2) is 0 Å². The Morgan fingerprint density at radius 3 is 2.43 bits per heavy atom. The lowest BCUT2D eigenvalue weighted by atomic mass is 10.0. The van der Waals surface area contributed by atoms with Gasteiger partial charge in [0.1, 0.15) is 0 Å². The first kappa shape index (κ1) is 22.4. The van der Waals surface area contributed by atoms with Gasteiger partial charge >= 0.3 is 0 Å². The zero-order valence-corrected chi connectivity index (χ0v) is 18.8. The first-order valence-electron chi connectivity index (χ1n) is 10.6. The number of carbonyl (C=O) groups is 2. The molecule has 6 nitrogen and oxygen atoms in total. The number of amides is 2. The average molecular weight is 431 g/mol. The maximum absolute atomic E-state index is 12.9. The molecule has 1 fully saturated rings. The Balaban J connectivity index is 1.58. The highest BCUT2D eigenvalue weighted by atomic mass is 35.5. The molecule has 2 N–H and O–H groups in total. The van der Waals surface area contributed by atoms with Crippen LogP contribution in [0.1, 0.15) is 47.9 Å². The molecule has 2 amide bonds. The molecule has 0 atom stereocenters. The van der Waals surface area contributed by atoms with Crippen molar-refractivity contribution in [2.45, 2.75) is 46.1 Å². The molecule has 1 aromatic heterocycles. The highest BCUT2D eigenvalue weighted by molar-refractivity contribution is 6.30. The lowest BCUT2D eigenvalue weighted by molar-refractivity contribution is -0.122. The summed E-state index contributed by atoms with van der Waals surface area (Å²) < 4.78 is 2.07. The van der Waals surface area contributed by atoms with Crippen molar-refractivity contribution >= 4 is 23.4 Å². The van der Waals surface area contributed by atoms with Crippen molar-refractivity contribution in [2.24, 2.45) is 0 Å². The SMILES string of the molecule is CCCNC(=O)CN1CCC(NC(=O)c2cc(C)n(-c3ccc(Cl)cc3)c2C)CC1. The molecule has 1 aromatic carbocycles. The van der Waals surface area contributed by atoms with Crippen LogP contribution in [0.15, 0.2) is 30.3 Å². The van der Waals surface area contributed by atoms with Crippen molar-refractivity contribution in [3.8, 4) is 5.69 Å². The van der Waals surface area contributed by atoms with Crippen LogP contribution in [0.3, 0.4) is 0 Å². The average Bonchev–Trinajstić information content (AvgIpc) is 3.03. The fraction of sp³-hybridized carbons (Fsp3) is 0.478. The van der Waals surface area contributed by atoms with Crippen molar-refractivity contribution < 1.29 is 9.59 Å². The number of nitrogens with one attached hydrogen (secondary N) is 2. The summed E-state index contributed by atoms with van der Waals surface area (Å²) >= 11 is 6.00. The lowest BCUT2D eigenvalue weighted by Gasteiger charge is -2.31. The maximum Gasteiger partial charge on any atom is 0.253 e. The van der Waals surface area contributed by atoms with E-state index in [4.69, 9.17) is 11.6 Å². The summed E-state index contributed by atoms with van der Waals surface area (Å²) in [6, 6.07) is 9.68. The maximum atomic E-state index is 12.9. The molecule has 1 saturated heterocycles. The summed E-state index contributed by atoms with van der Waals surface area (Å²) in [7, 11) is 0. The summed E-state index contributed by atoms with van der Waals surface area (Å²) in [6.07, 6.45) is 2.64. The summed E-state index contributed by atoms with van der Waals surface area (Å²) in [5.74, 6) is 0.0384. The van der Waals surface area contributed by atoms with Gasteiger partial charge in [-0.1, -0.05) is 18.5 Å². The third kappa shape index (κ3) is 5.43. The van der Waals surface area contributed by atoms with Crippen LogP contribution in [-0.2, 0) is 4.79 Å². The quantitative estimate of drug-likeness (QED) is 0.706. The number of piperidine rings is 1. The van der Waals surface area contributed by atoms with Crippen LogP contribution in [0.2, 0.25) is 5.02 Å². The number of carbonyl (C=O) groups excluding carboxylic acids is 2. The van der Waals surface area contributed by atoms with Gasteiger partial charge in [0.2, 0.25) is 5.91 Å². The molecule has 0 radical (unpaired) electrons. The number of hydrogen-bond acceptors (Lipinski definition) is 3. The number of hydrogen-bond donors (Lipinski definition) is 2. The van der Waals surface area contributed by atoms with Crippen LogP contribution >= 0.6 is 11.6 Å². The Morgan fingerprint density at radius 1 is 1.13 bits per heavy atom. The molecule has 0 bridgehead atoms. The second kappa shape index (κ2) is 10.1. The van der Waals surface area contributed by atoms with Crippen LogP contribution in [0.5, 0.6) is 0 Å². The van der Waals surface area contributed by atoms with E-state index in [2.05, 4.69) is 20.1 Å². The smallest absolute Gasteiger partial charge is 0.253 e. The largest absolute Gasteiger partial charge is 0.355 e. The van der Waals surface area contributed by atoms with Crippen LogP contribution < -0.4 is 10.6 Å². The summed E-state index contributed by atoms with van der Waals surface area (Å²) in [4.78, 5) is 27.0. The number of halogens is 1. The molecular formula is C23H31ClN4O2. The first-order chi connectivity index (χ1) is 14.4. The molecule has 30 heavy (non-hydrogen) atoms. The van der Waals surface area contributed by atoms with Crippen molar-refractivity contribution in [1.82, 2.24) is 20.1 Å². The van der Waals surface area contributed by atoms with Gasteiger partial charge in [0, 0.05) is 47.8 Å². The number of aryl methyl sites for hydroxylation is 1. The molecule has 1 aliphatic rings. The van der Waals surface area contributed by atoms with E-state index >= 15 is 0 Å². The number of nitrogens with zero attached hydrogens (tertiary/aromatic N) is 2. The van der Waals surface area contributed by atoms with E-state index in [0.717, 1.165) is 56.0 Å². The fourth-order valence-electron chi connectivity index (χ4n) is 4.00. The van der Waals surface area contributed by atoms with E-state index in [-0.39, 0.29) is 17.9 Å². The Bertz CT molecular complexity index is 883. The molecule has 2 aromatic rings. The Kier molecular flexibility index (Phi) is 7.56. The van der Waals surface area contributed by atoms with Gasteiger partial charge in [0.15, 0.2) is 0 Å². The molecule has 3 rings (SSSR count). The topological polar surface area (TPSA) is 66.4 Å². The third-order valence-corrected chi connectivity index (χ3v) is 5.87. The monoisotopic (exact) mass is 430 g/mol. The number of aromatic nitrogens is 1. The molecule has 7 heteroatoms. The Morgan fingerprint density at radius 2 is 1.80 bits per heavy atom. The number of likely N-dealkylation sites (tertiary alicyclic amines) is 1. The van der Waals surface area contributed by atoms with Crippen molar-refractivity contribution in [1.29, 1.82) is 0 Å². The summed E-state index contributed by atoms with van der Waals surface area (Å²) in [6.45, 7) is 8.79. The zero-order valence-electron chi connectivity index (χ0n) is 18.0. The van der Waals surface area contributed by atoms with Gasteiger partial charge in [0.05, 0.1) is 12.1 Å². The van der Waals surface area contributed by atoms with Gasteiger partial charge in [-0.05, 0) is 63.4 Å². The molecular weight excluding hydrogens is 400 g/mol. The molecule has 2 heterocycles. The lowest BCUT2D eigenvalue weighted by Crippen LogP contribution is -2.47. The molecule has 0 aliphatic carbocycles. The van der Waals surface area contributed by atoms with E-state index in [1.54, 1.807) is 0 Å². The van der Waals surface area contributed by atoms with Gasteiger partial charge in [0.25, 0.3) is 5.91 Å². The van der Waals surface area contributed by atoms with Gasteiger partial charge in [-0.3, -0.25) is 14.5 Å². The van der Waals surface area contributed by atoms with Crippen LogP contribution in [0, 0.1) is 13.8 Å². The minimum atomic E-state index is -0.0394. The van der Waals surface area contributed by atoms with Crippen molar-refractivity contribution in [3.63, 3.8) is 0 Å². The van der Waals surface area contributed by atoms with Crippen LogP contribution in [0.4, 0.5) is 0 Å². The van der Waals surface area contributed by atoms with Crippen LogP contribution in [-0.4, -0.2) is 53.5 Å². The van der Waals surface area contributed by atoms with Crippen molar-refractivity contribution in [2.75, 3.05) is 26.2 Å². The summed E-state index contributed by atoms with van der Waals surface area (Å²) in [5, 5.41) is 6.79. The molecule has 0 unspecified atom stereocenters. The molecule has 0 saturated carbocycles. The van der Waals surface area contributed by atoms with Crippen LogP contribution in [0.25, 0.3) is 5.69 Å². The van der Waals surface area contributed by atoms with E-state index in [0.29, 0.717) is 17.1 Å². The standard InChI is InChI=1S/C23H31ClN4O2/c1-4-11-25-22(29)15-27-12-9-19(10-13-27)26-23(30)21-14-16(2)28(17(21)3)20-7-5-18(24)6-8-20/h5-8,14,19H,4,9-13,15H2,1-3H3,(H,25,29)(H,26,30).